The van der Waals surface area contributed by atoms with Crippen molar-refractivity contribution in [2.45, 2.75) is 19.9 Å². The molecule has 3 aromatic rings. The van der Waals surface area contributed by atoms with Crippen molar-refractivity contribution in [3.63, 3.8) is 0 Å². The third-order valence-electron chi connectivity index (χ3n) is 4.20. The third-order valence-corrected chi connectivity index (χ3v) is 4.44. The lowest BCUT2D eigenvalue weighted by Crippen LogP contribution is -2.11. The van der Waals surface area contributed by atoms with Gasteiger partial charge in [-0.15, -0.1) is 0 Å². The van der Waals surface area contributed by atoms with E-state index in [9.17, 15) is 5.11 Å². The summed E-state index contributed by atoms with van der Waals surface area (Å²) in [6.07, 6.45) is 0. The third kappa shape index (κ3) is 3.51. The lowest BCUT2D eigenvalue weighted by Gasteiger charge is -2.15. The summed E-state index contributed by atoms with van der Waals surface area (Å²) in [6, 6.07) is 14.8. The van der Waals surface area contributed by atoms with E-state index in [0.717, 1.165) is 16.9 Å². The van der Waals surface area contributed by atoms with Crippen LogP contribution < -0.4 is 14.8 Å². The molecule has 2 aromatic carbocycles. The molecule has 27 heavy (non-hydrogen) atoms. The quantitative estimate of drug-likeness (QED) is 0.639. The lowest BCUT2D eigenvalue weighted by molar-refractivity contribution is 0.174. The second kappa shape index (κ2) is 7.00. The number of fused-ring (bicyclic) bond motifs is 1. The van der Waals surface area contributed by atoms with Crippen LogP contribution in [0.15, 0.2) is 48.5 Å². The molecule has 0 radical (unpaired) electrons. The molecule has 0 saturated carbocycles. The number of nitrogens with one attached hydrogen (secondary N) is 1. The zero-order chi connectivity index (χ0) is 19.0. The van der Waals surface area contributed by atoms with E-state index in [0.29, 0.717) is 27.8 Å². The fourth-order valence-corrected chi connectivity index (χ4v) is 3.24. The van der Waals surface area contributed by atoms with Crippen molar-refractivity contribution in [3.8, 4) is 39.6 Å². The van der Waals surface area contributed by atoms with Gasteiger partial charge in [0.25, 0.3) is 0 Å². The molecule has 6 heteroatoms. The van der Waals surface area contributed by atoms with Gasteiger partial charge in [-0.3, -0.25) is 0 Å². The number of phenolic OH excluding ortho intramolecular Hbond substituents is 1. The molecule has 0 amide bonds. The number of pyridine rings is 1. The van der Waals surface area contributed by atoms with Gasteiger partial charge in [-0.25, -0.2) is 4.98 Å². The van der Waals surface area contributed by atoms with Crippen molar-refractivity contribution in [3.05, 3.63) is 53.6 Å². The molecular weight excluding hydrogens is 364 g/mol. The van der Waals surface area contributed by atoms with Crippen molar-refractivity contribution in [2.75, 3.05) is 12.1 Å². The largest absolute Gasteiger partial charge is 0.507 e. The normalized spacial score (nSPS) is 12.4. The molecule has 1 aromatic heterocycles. The molecule has 0 aliphatic carbocycles. The summed E-state index contributed by atoms with van der Waals surface area (Å²) < 4.78 is 11.2. The molecule has 0 spiro atoms. The molecule has 0 atom stereocenters. The van der Waals surface area contributed by atoms with Crippen LogP contribution in [0, 0.1) is 0 Å². The number of halogens is 1. The molecule has 4 rings (SSSR count). The maximum atomic E-state index is 10.3. The van der Waals surface area contributed by atoms with Crippen LogP contribution in [0.2, 0.25) is 5.02 Å². The van der Waals surface area contributed by atoms with E-state index in [1.54, 1.807) is 18.2 Å². The van der Waals surface area contributed by atoms with Crippen LogP contribution in [0.5, 0.6) is 17.2 Å². The maximum Gasteiger partial charge on any atom is 0.231 e. The van der Waals surface area contributed by atoms with Crippen molar-refractivity contribution in [1.29, 1.82) is 0 Å². The van der Waals surface area contributed by atoms with Crippen LogP contribution >= 0.6 is 11.6 Å². The first-order valence-electron chi connectivity index (χ1n) is 8.68. The van der Waals surface area contributed by atoms with Gasteiger partial charge >= 0.3 is 0 Å². The van der Waals surface area contributed by atoms with Crippen LogP contribution in [0.3, 0.4) is 0 Å². The highest BCUT2D eigenvalue weighted by atomic mass is 35.5. The summed E-state index contributed by atoms with van der Waals surface area (Å²) in [6.45, 7) is 4.29. The highest BCUT2D eigenvalue weighted by molar-refractivity contribution is 6.31. The molecule has 2 N–H and O–H groups in total. The van der Waals surface area contributed by atoms with E-state index in [1.165, 1.54) is 0 Å². The molecule has 0 fully saturated rings. The zero-order valence-electron chi connectivity index (χ0n) is 15.0. The van der Waals surface area contributed by atoms with Crippen molar-refractivity contribution in [2.24, 2.45) is 0 Å². The number of phenols is 1. The van der Waals surface area contributed by atoms with Crippen LogP contribution in [0.1, 0.15) is 13.8 Å². The van der Waals surface area contributed by atoms with E-state index in [1.807, 2.05) is 44.2 Å². The van der Waals surface area contributed by atoms with Crippen LogP contribution in [-0.2, 0) is 0 Å². The minimum absolute atomic E-state index is 0.123. The Morgan fingerprint density at radius 2 is 1.93 bits per heavy atom. The maximum absolute atomic E-state index is 10.3. The molecule has 5 nitrogen and oxygen atoms in total. The number of rotatable bonds is 4. The van der Waals surface area contributed by atoms with E-state index in [2.05, 4.69) is 10.3 Å². The first kappa shape index (κ1) is 17.5. The number of aromatic hydroxyl groups is 1. The van der Waals surface area contributed by atoms with E-state index < -0.39 is 0 Å². The molecule has 138 valence electrons. The summed E-state index contributed by atoms with van der Waals surface area (Å²) in [7, 11) is 0. The molecular formula is C21H19ClN2O3. The molecule has 0 unspecified atom stereocenters. The van der Waals surface area contributed by atoms with E-state index >= 15 is 0 Å². The zero-order valence-corrected chi connectivity index (χ0v) is 15.7. The number of hydrogen-bond acceptors (Lipinski definition) is 5. The highest BCUT2D eigenvalue weighted by Gasteiger charge is 2.20. The van der Waals surface area contributed by atoms with Gasteiger partial charge in [0.05, 0.1) is 5.69 Å². The number of hydrogen-bond donors (Lipinski definition) is 2. The topological polar surface area (TPSA) is 63.6 Å². The fourth-order valence-electron chi connectivity index (χ4n) is 3.06. The molecule has 1 aliphatic rings. The SMILES string of the molecule is CC(C)Nc1cc(-c2cccc3c2OCO3)cc(-c2cc(Cl)ccc2O)n1. The Morgan fingerprint density at radius 3 is 2.74 bits per heavy atom. The number of anilines is 1. The first-order valence-corrected chi connectivity index (χ1v) is 9.05. The van der Waals surface area contributed by atoms with Crippen LogP contribution in [0.25, 0.3) is 22.4 Å². The molecule has 0 bridgehead atoms. The number of para-hydroxylation sites is 1. The van der Waals surface area contributed by atoms with Crippen molar-refractivity contribution < 1.29 is 14.6 Å². The Hall–Kier alpha value is -2.92. The monoisotopic (exact) mass is 382 g/mol. The fraction of sp³-hybridized carbons (Fsp3) is 0.190. The summed E-state index contributed by atoms with van der Waals surface area (Å²) in [5.41, 5.74) is 3.00. The van der Waals surface area contributed by atoms with Gasteiger partial charge in [0, 0.05) is 22.2 Å². The van der Waals surface area contributed by atoms with Gasteiger partial charge in [-0.1, -0.05) is 23.7 Å². The van der Waals surface area contributed by atoms with E-state index in [4.69, 9.17) is 21.1 Å². The van der Waals surface area contributed by atoms with Crippen molar-refractivity contribution >= 4 is 17.4 Å². The van der Waals surface area contributed by atoms with Crippen molar-refractivity contribution in [1.82, 2.24) is 4.98 Å². The molecule has 0 saturated heterocycles. The second-order valence-electron chi connectivity index (χ2n) is 6.63. The Kier molecular flexibility index (Phi) is 4.54. The second-order valence-corrected chi connectivity index (χ2v) is 7.06. The standard InChI is InChI=1S/C21H19ClN2O3/c1-12(2)23-20-9-13(15-4-3-5-19-21(15)27-11-26-19)8-17(24-20)16-10-14(22)6-7-18(16)25/h3-10,12,25H,11H2,1-2H3,(H,23,24). The summed E-state index contributed by atoms with van der Waals surface area (Å²) in [5.74, 6) is 2.25. The van der Waals surface area contributed by atoms with Crippen LogP contribution in [0.4, 0.5) is 5.82 Å². The van der Waals surface area contributed by atoms with Gasteiger partial charge in [0.15, 0.2) is 11.5 Å². The number of benzene rings is 2. The predicted molar refractivity (Wildman–Crippen MR) is 107 cm³/mol. The minimum atomic E-state index is 0.123. The number of ether oxygens (including phenoxy) is 2. The van der Waals surface area contributed by atoms with Crippen LogP contribution in [-0.4, -0.2) is 22.9 Å². The molecule has 2 heterocycles. The van der Waals surface area contributed by atoms with Gasteiger partial charge in [0.2, 0.25) is 6.79 Å². The minimum Gasteiger partial charge on any atom is -0.507 e. The Morgan fingerprint density at radius 1 is 1.07 bits per heavy atom. The Bertz CT molecular complexity index is 1000. The summed E-state index contributed by atoms with van der Waals surface area (Å²) in [5, 5.41) is 14.2. The predicted octanol–water partition coefficient (Wildman–Crippen LogP) is 5.32. The van der Waals surface area contributed by atoms with Gasteiger partial charge in [-0.05, 0) is 55.8 Å². The van der Waals surface area contributed by atoms with Gasteiger partial charge in [0.1, 0.15) is 11.6 Å². The molecule has 1 aliphatic heterocycles. The summed E-state index contributed by atoms with van der Waals surface area (Å²) >= 11 is 6.13. The highest BCUT2D eigenvalue weighted by Crippen LogP contribution is 2.43. The number of aromatic nitrogens is 1. The number of nitrogens with zero attached hydrogens (tertiary/aromatic N) is 1. The Balaban J connectivity index is 1.90. The average Bonchev–Trinajstić information content (AvgIpc) is 3.11. The van der Waals surface area contributed by atoms with E-state index in [-0.39, 0.29) is 18.6 Å². The Labute approximate surface area is 162 Å². The summed E-state index contributed by atoms with van der Waals surface area (Å²) in [4.78, 5) is 4.66. The smallest absolute Gasteiger partial charge is 0.231 e. The lowest BCUT2D eigenvalue weighted by atomic mass is 10.0. The average molecular weight is 383 g/mol. The first-order chi connectivity index (χ1) is 13.0. The van der Waals surface area contributed by atoms with Gasteiger partial charge < -0.3 is 19.9 Å². The van der Waals surface area contributed by atoms with Gasteiger partial charge in [-0.2, -0.15) is 0 Å².